The van der Waals surface area contributed by atoms with Crippen LogP contribution in [0, 0.1) is 6.92 Å². The summed E-state index contributed by atoms with van der Waals surface area (Å²) in [7, 11) is -3.61. The average molecular weight is 402 g/mol. The Kier molecular flexibility index (Phi) is 7.07. The highest BCUT2D eigenvalue weighted by molar-refractivity contribution is 7.89. The Labute approximate surface area is 162 Å². The molecule has 0 atom stereocenters. The summed E-state index contributed by atoms with van der Waals surface area (Å²) in [6.45, 7) is 3.00. The molecule has 3 rings (SSSR count). The number of hydrogen-bond acceptors (Lipinski definition) is 4. The predicted molar refractivity (Wildman–Crippen MR) is 104 cm³/mol. The topological polar surface area (TPSA) is 92.5 Å². The van der Waals surface area contributed by atoms with Gasteiger partial charge < -0.3 is 10.6 Å². The molecule has 3 N–H and O–H groups in total. The van der Waals surface area contributed by atoms with Gasteiger partial charge in [-0.25, -0.2) is 13.1 Å². The van der Waals surface area contributed by atoms with Crippen LogP contribution in [-0.2, 0) is 10.0 Å². The fraction of sp³-hybridized carbons (Fsp3) is 0.611. The van der Waals surface area contributed by atoms with Gasteiger partial charge in [-0.1, -0.05) is 18.9 Å². The van der Waals surface area contributed by atoms with Gasteiger partial charge in [-0.05, 0) is 50.3 Å². The van der Waals surface area contributed by atoms with Crippen molar-refractivity contribution >= 4 is 28.3 Å². The molecule has 0 radical (unpaired) electrons. The number of hydrogen-bond donors (Lipinski definition) is 2. The first-order valence-electron chi connectivity index (χ1n) is 9.04. The lowest BCUT2D eigenvalue weighted by Gasteiger charge is -2.30. The summed E-state index contributed by atoms with van der Waals surface area (Å²) in [5, 5.41) is 0. The van der Waals surface area contributed by atoms with Crippen molar-refractivity contribution in [3.05, 3.63) is 29.3 Å². The average Bonchev–Trinajstić information content (AvgIpc) is 3.07. The molecule has 6 nitrogen and oxygen atoms in total. The maximum absolute atomic E-state index is 12.8. The Hall–Kier alpha value is -1.15. The molecule has 1 aliphatic heterocycles. The zero-order valence-electron chi connectivity index (χ0n) is 15.1. The smallest absolute Gasteiger partial charge is 0.253 e. The van der Waals surface area contributed by atoms with E-state index >= 15 is 0 Å². The van der Waals surface area contributed by atoms with E-state index < -0.39 is 10.0 Å². The fourth-order valence-corrected chi connectivity index (χ4v) is 5.21. The largest absolute Gasteiger partial charge is 0.339 e. The molecule has 26 heavy (non-hydrogen) atoms. The molecular weight excluding hydrogens is 374 g/mol. The predicted octanol–water partition coefficient (Wildman–Crippen LogP) is 2.20. The van der Waals surface area contributed by atoms with Gasteiger partial charge in [0.05, 0.1) is 4.90 Å². The number of benzene rings is 1. The molecule has 0 bridgehead atoms. The number of carbonyl (C=O) groups excluding carboxylic acids is 1. The van der Waals surface area contributed by atoms with Crippen LogP contribution in [0.5, 0.6) is 0 Å². The highest BCUT2D eigenvalue weighted by atomic mass is 35.5. The number of nitrogens with one attached hydrogen (secondary N) is 1. The van der Waals surface area contributed by atoms with Gasteiger partial charge in [0.15, 0.2) is 0 Å². The molecule has 1 saturated carbocycles. The molecule has 1 heterocycles. The van der Waals surface area contributed by atoms with Crippen molar-refractivity contribution in [1.82, 2.24) is 9.62 Å². The standard InChI is InChI=1S/C18H27N3O3S.ClH/c1-13-6-7-14(18(22)21-10-8-15(19)9-11-21)12-17(13)25(23,24)20-16-4-2-3-5-16;/h6-7,12,15-16,20H,2-5,8-11,19H2,1H3;1H. The van der Waals surface area contributed by atoms with Gasteiger partial charge in [-0.3, -0.25) is 4.79 Å². The third kappa shape index (κ3) is 4.76. The molecule has 8 heteroatoms. The van der Waals surface area contributed by atoms with Crippen molar-refractivity contribution in [2.75, 3.05) is 13.1 Å². The summed E-state index contributed by atoms with van der Waals surface area (Å²) in [6, 6.07) is 5.09. The van der Waals surface area contributed by atoms with E-state index in [0.29, 0.717) is 24.2 Å². The Morgan fingerprint density at radius 2 is 1.77 bits per heavy atom. The molecule has 2 aliphatic rings. The molecule has 0 spiro atoms. The monoisotopic (exact) mass is 401 g/mol. The normalized spacial score (nSPS) is 19.4. The summed E-state index contributed by atoms with van der Waals surface area (Å²) in [5.41, 5.74) is 6.97. The zero-order chi connectivity index (χ0) is 18.0. The van der Waals surface area contributed by atoms with Gasteiger partial charge in [0.25, 0.3) is 5.91 Å². The summed E-state index contributed by atoms with van der Waals surface area (Å²) < 4.78 is 28.3. The van der Waals surface area contributed by atoms with E-state index in [4.69, 9.17) is 5.73 Å². The quantitative estimate of drug-likeness (QED) is 0.808. The number of sulfonamides is 1. The van der Waals surface area contributed by atoms with Gasteiger partial charge >= 0.3 is 0 Å². The molecule has 0 aromatic heterocycles. The molecule has 0 unspecified atom stereocenters. The summed E-state index contributed by atoms with van der Waals surface area (Å²) in [6.07, 6.45) is 5.44. The number of halogens is 1. The van der Waals surface area contributed by atoms with Crippen molar-refractivity contribution < 1.29 is 13.2 Å². The second-order valence-corrected chi connectivity index (χ2v) is 8.89. The van der Waals surface area contributed by atoms with Crippen LogP contribution in [-0.4, -0.2) is 44.4 Å². The van der Waals surface area contributed by atoms with Crippen molar-refractivity contribution in [1.29, 1.82) is 0 Å². The van der Waals surface area contributed by atoms with Crippen LogP contribution in [0.15, 0.2) is 23.1 Å². The maximum Gasteiger partial charge on any atom is 0.253 e. The van der Waals surface area contributed by atoms with Crippen LogP contribution in [0.4, 0.5) is 0 Å². The number of carbonyl (C=O) groups is 1. The minimum atomic E-state index is -3.61. The first-order valence-corrected chi connectivity index (χ1v) is 10.5. The van der Waals surface area contributed by atoms with Gasteiger partial charge in [-0.15, -0.1) is 12.4 Å². The van der Waals surface area contributed by atoms with Crippen molar-refractivity contribution in [3.8, 4) is 0 Å². The lowest BCUT2D eigenvalue weighted by molar-refractivity contribution is 0.0714. The lowest BCUT2D eigenvalue weighted by atomic mass is 10.0. The minimum absolute atomic E-state index is 0. The lowest BCUT2D eigenvalue weighted by Crippen LogP contribution is -2.43. The van der Waals surface area contributed by atoms with Gasteiger partial charge in [0, 0.05) is 30.7 Å². The van der Waals surface area contributed by atoms with Crippen molar-refractivity contribution in [2.45, 2.75) is 62.4 Å². The van der Waals surface area contributed by atoms with E-state index in [0.717, 1.165) is 38.5 Å². The summed E-state index contributed by atoms with van der Waals surface area (Å²) >= 11 is 0. The Morgan fingerprint density at radius 1 is 1.15 bits per heavy atom. The number of nitrogens with zero attached hydrogens (tertiary/aromatic N) is 1. The summed E-state index contributed by atoms with van der Waals surface area (Å²) in [5.74, 6) is -0.121. The molecule has 1 saturated heterocycles. The van der Waals surface area contributed by atoms with E-state index in [2.05, 4.69) is 4.72 Å². The molecular formula is C18H28ClN3O3S. The van der Waals surface area contributed by atoms with E-state index in [-0.39, 0.29) is 35.3 Å². The molecule has 2 fully saturated rings. The number of likely N-dealkylation sites (tertiary alicyclic amines) is 1. The summed E-state index contributed by atoms with van der Waals surface area (Å²) in [4.78, 5) is 14.7. The zero-order valence-corrected chi connectivity index (χ0v) is 16.7. The van der Waals surface area contributed by atoms with Crippen LogP contribution < -0.4 is 10.5 Å². The van der Waals surface area contributed by atoms with Crippen molar-refractivity contribution in [3.63, 3.8) is 0 Å². The maximum atomic E-state index is 12.8. The Balaban J connectivity index is 0.00000243. The van der Waals surface area contributed by atoms with Crippen LogP contribution in [0.3, 0.4) is 0 Å². The van der Waals surface area contributed by atoms with E-state index in [9.17, 15) is 13.2 Å². The van der Waals surface area contributed by atoms with E-state index in [1.54, 1.807) is 24.0 Å². The second-order valence-electron chi connectivity index (χ2n) is 7.21. The number of amides is 1. The van der Waals surface area contributed by atoms with Gasteiger partial charge in [-0.2, -0.15) is 0 Å². The fourth-order valence-electron chi connectivity index (χ4n) is 3.63. The van der Waals surface area contributed by atoms with E-state index in [1.807, 2.05) is 0 Å². The Bertz CT molecular complexity index is 740. The third-order valence-corrected chi connectivity index (χ3v) is 6.89. The van der Waals surface area contributed by atoms with Crippen LogP contribution in [0.2, 0.25) is 0 Å². The number of aryl methyl sites for hydroxylation is 1. The van der Waals surface area contributed by atoms with Crippen LogP contribution >= 0.6 is 12.4 Å². The van der Waals surface area contributed by atoms with Crippen LogP contribution in [0.25, 0.3) is 0 Å². The third-order valence-electron chi connectivity index (χ3n) is 5.23. The molecule has 1 amide bonds. The molecule has 146 valence electrons. The van der Waals surface area contributed by atoms with Gasteiger partial charge in [0.1, 0.15) is 0 Å². The second kappa shape index (κ2) is 8.69. The highest BCUT2D eigenvalue weighted by Crippen LogP contribution is 2.23. The van der Waals surface area contributed by atoms with Crippen molar-refractivity contribution in [2.24, 2.45) is 5.73 Å². The Morgan fingerprint density at radius 3 is 2.38 bits per heavy atom. The van der Waals surface area contributed by atoms with Gasteiger partial charge in [0.2, 0.25) is 10.0 Å². The molecule has 1 aromatic rings. The first-order chi connectivity index (χ1) is 11.9. The minimum Gasteiger partial charge on any atom is -0.339 e. The first kappa shape index (κ1) is 21.2. The highest BCUT2D eigenvalue weighted by Gasteiger charge is 2.27. The van der Waals surface area contributed by atoms with Crippen LogP contribution in [0.1, 0.15) is 54.4 Å². The molecule has 1 aliphatic carbocycles. The number of piperidine rings is 1. The number of rotatable bonds is 4. The number of nitrogens with two attached hydrogens (primary N) is 1. The molecule has 1 aromatic carbocycles. The SMILES string of the molecule is Cc1ccc(C(=O)N2CCC(N)CC2)cc1S(=O)(=O)NC1CCCC1.Cl. The van der Waals surface area contributed by atoms with E-state index in [1.165, 1.54) is 6.07 Å².